The monoisotopic (exact) mass is 277 g/mol. The van der Waals surface area contributed by atoms with Crippen molar-refractivity contribution in [3.05, 3.63) is 35.4 Å². The lowest BCUT2D eigenvalue weighted by atomic mass is 10.1. The first-order valence-corrected chi connectivity index (χ1v) is 6.88. The molecule has 0 saturated carbocycles. The molecule has 0 bridgehead atoms. The highest BCUT2D eigenvalue weighted by Gasteiger charge is 2.08. The first kappa shape index (κ1) is 16.0. The maximum atomic E-state index is 11.8. The Morgan fingerprint density at radius 3 is 2.45 bits per heavy atom. The highest BCUT2D eigenvalue weighted by molar-refractivity contribution is 5.76. The standard InChI is InChI=1S/C15H23N3O2/c1-11-6-8-13(9-7-11)12(2)18-14(19)5-3-4-10-17-15(16)20/h6-9,12H,3-5,10H2,1-2H3,(H,18,19)(H3,16,17,20). The number of carbonyl (C=O) groups excluding carboxylic acids is 2. The Labute approximate surface area is 119 Å². The molecule has 0 aliphatic carbocycles. The molecular weight excluding hydrogens is 254 g/mol. The minimum atomic E-state index is -0.526. The van der Waals surface area contributed by atoms with Gasteiger partial charge in [-0.15, -0.1) is 0 Å². The van der Waals surface area contributed by atoms with Gasteiger partial charge in [0, 0.05) is 13.0 Å². The number of urea groups is 1. The molecular formula is C15H23N3O2. The van der Waals surface area contributed by atoms with Gasteiger partial charge in [-0.2, -0.15) is 0 Å². The zero-order chi connectivity index (χ0) is 15.0. The van der Waals surface area contributed by atoms with Crippen LogP contribution in [0.2, 0.25) is 0 Å². The second kappa shape index (κ2) is 8.19. The maximum Gasteiger partial charge on any atom is 0.312 e. The summed E-state index contributed by atoms with van der Waals surface area (Å²) in [5, 5.41) is 5.46. The molecule has 1 atom stereocenters. The molecule has 4 N–H and O–H groups in total. The number of unbranched alkanes of at least 4 members (excludes halogenated alkanes) is 1. The third-order valence-electron chi connectivity index (χ3n) is 3.08. The van der Waals surface area contributed by atoms with Crippen LogP contribution in [0.1, 0.15) is 43.4 Å². The molecule has 0 fully saturated rings. The van der Waals surface area contributed by atoms with Crippen LogP contribution in [0.15, 0.2) is 24.3 Å². The molecule has 0 heterocycles. The SMILES string of the molecule is Cc1ccc(C(C)NC(=O)CCCCNC(N)=O)cc1. The molecule has 20 heavy (non-hydrogen) atoms. The molecule has 5 nitrogen and oxygen atoms in total. The van der Waals surface area contributed by atoms with E-state index in [1.54, 1.807) is 0 Å². The molecule has 1 aromatic carbocycles. The molecule has 1 aromatic rings. The lowest BCUT2D eigenvalue weighted by molar-refractivity contribution is -0.121. The van der Waals surface area contributed by atoms with Crippen LogP contribution in [0.5, 0.6) is 0 Å². The van der Waals surface area contributed by atoms with Crippen LogP contribution < -0.4 is 16.4 Å². The second-order valence-corrected chi connectivity index (χ2v) is 4.95. The number of benzene rings is 1. The average Bonchev–Trinajstić information content (AvgIpc) is 2.38. The van der Waals surface area contributed by atoms with E-state index in [0.717, 1.165) is 18.4 Å². The third-order valence-corrected chi connectivity index (χ3v) is 3.08. The second-order valence-electron chi connectivity index (χ2n) is 4.95. The lowest BCUT2D eigenvalue weighted by Crippen LogP contribution is -2.30. The first-order valence-electron chi connectivity index (χ1n) is 6.88. The zero-order valence-electron chi connectivity index (χ0n) is 12.1. The van der Waals surface area contributed by atoms with Crippen LogP contribution in [-0.4, -0.2) is 18.5 Å². The number of hydrogen-bond donors (Lipinski definition) is 3. The minimum Gasteiger partial charge on any atom is -0.352 e. The molecule has 1 unspecified atom stereocenters. The molecule has 0 aliphatic rings. The molecule has 0 saturated heterocycles. The van der Waals surface area contributed by atoms with Gasteiger partial charge >= 0.3 is 6.03 Å². The largest absolute Gasteiger partial charge is 0.352 e. The average molecular weight is 277 g/mol. The van der Waals surface area contributed by atoms with Crippen molar-refractivity contribution in [3.63, 3.8) is 0 Å². The number of aryl methyl sites for hydroxylation is 1. The normalized spacial score (nSPS) is 11.7. The number of rotatable bonds is 7. The maximum absolute atomic E-state index is 11.8. The van der Waals surface area contributed by atoms with E-state index >= 15 is 0 Å². The molecule has 3 amide bonds. The van der Waals surface area contributed by atoms with Crippen molar-refractivity contribution in [2.45, 2.75) is 39.2 Å². The number of amides is 3. The third kappa shape index (κ3) is 6.22. The summed E-state index contributed by atoms with van der Waals surface area (Å²) < 4.78 is 0. The van der Waals surface area contributed by atoms with E-state index in [2.05, 4.69) is 10.6 Å². The number of nitrogens with one attached hydrogen (secondary N) is 2. The van der Waals surface area contributed by atoms with Crippen LogP contribution in [0, 0.1) is 6.92 Å². The summed E-state index contributed by atoms with van der Waals surface area (Å²) in [6, 6.07) is 7.60. The number of nitrogens with two attached hydrogens (primary N) is 1. The quantitative estimate of drug-likeness (QED) is 0.666. The Balaban J connectivity index is 2.24. The van der Waals surface area contributed by atoms with E-state index in [1.165, 1.54) is 5.56 Å². The highest BCUT2D eigenvalue weighted by Crippen LogP contribution is 2.13. The van der Waals surface area contributed by atoms with Crippen molar-refractivity contribution < 1.29 is 9.59 Å². The van der Waals surface area contributed by atoms with Crippen LogP contribution in [-0.2, 0) is 4.79 Å². The minimum absolute atomic E-state index is 0.00634. The summed E-state index contributed by atoms with van der Waals surface area (Å²) in [5.41, 5.74) is 7.25. The Morgan fingerprint density at radius 2 is 1.85 bits per heavy atom. The van der Waals surface area contributed by atoms with Gasteiger partial charge in [0.2, 0.25) is 5.91 Å². The van der Waals surface area contributed by atoms with Gasteiger partial charge in [0.25, 0.3) is 0 Å². The predicted molar refractivity (Wildman–Crippen MR) is 79.2 cm³/mol. The summed E-state index contributed by atoms with van der Waals surface area (Å²) >= 11 is 0. The van der Waals surface area contributed by atoms with E-state index in [4.69, 9.17) is 5.73 Å². The Bertz CT molecular complexity index is 443. The van der Waals surface area contributed by atoms with Crippen LogP contribution in [0.4, 0.5) is 4.79 Å². The van der Waals surface area contributed by atoms with Crippen LogP contribution >= 0.6 is 0 Å². The van der Waals surface area contributed by atoms with Gasteiger partial charge in [-0.05, 0) is 32.3 Å². The van der Waals surface area contributed by atoms with E-state index in [9.17, 15) is 9.59 Å². The smallest absolute Gasteiger partial charge is 0.312 e. The predicted octanol–water partition coefficient (Wildman–Crippen LogP) is 2.01. The van der Waals surface area contributed by atoms with E-state index in [1.807, 2.05) is 38.1 Å². The van der Waals surface area contributed by atoms with E-state index < -0.39 is 6.03 Å². The van der Waals surface area contributed by atoms with E-state index in [-0.39, 0.29) is 11.9 Å². The first-order chi connectivity index (χ1) is 9.49. The number of primary amides is 1. The summed E-state index contributed by atoms with van der Waals surface area (Å²) in [4.78, 5) is 22.2. The summed E-state index contributed by atoms with van der Waals surface area (Å²) in [5.74, 6) is 0.0251. The van der Waals surface area contributed by atoms with Gasteiger partial charge in [0.05, 0.1) is 6.04 Å². The topological polar surface area (TPSA) is 84.2 Å². The Kier molecular flexibility index (Phi) is 6.56. The van der Waals surface area contributed by atoms with E-state index in [0.29, 0.717) is 13.0 Å². The van der Waals surface area contributed by atoms with Gasteiger partial charge in [-0.25, -0.2) is 4.79 Å². The highest BCUT2D eigenvalue weighted by atomic mass is 16.2. The van der Waals surface area contributed by atoms with Gasteiger partial charge in [-0.1, -0.05) is 29.8 Å². The van der Waals surface area contributed by atoms with Gasteiger partial charge < -0.3 is 16.4 Å². The molecule has 110 valence electrons. The molecule has 0 aromatic heterocycles. The number of carbonyl (C=O) groups is 2. The van der Waals surface area contributed by atoms with Crippen molar-refractivity contribution in [1.82, 2.24) is 10.6 Å². The molecule has 1 rings (SSSR count). The zero-order valence-corrected chi connectivity index (χ0v) is 12.1. The molecule has 5 heteroatoms. The van der Waals surface area contributed by atoms with Gasteiger partial charge in [0.15, 0.2) is 0 Å². The molecule has 0 radical (unpaired) electrons. The van der Waals surface area contributed by atoms with Crippen LogP contribution in [0.3, 0.4) is 0 Å². The molecule has 0 spiro atoms. The number of hydrogen-bond acceptors (Lipinski definition) is 2. The van der Waals surface area contributed by atoms with Crippen molar-refractivity contribution in [2.75, 3.05) is 6.54 Å². The van der Waals surface area contributed by atoms with Crippen molar-refractivity contribution in [2.24, 2.45) is 5.73 Å². The Hall–Kier alpha value is -2.04. The van der Waals surface area contributed by atoms with Crippen molar-refractivity contribution in [1.29, 1.82) is 0 Å². The fourth-order valence-electron chi connectivity index (χ4n) is 1.87. The fraction of sp³-hybridized carbons (Fsp3) is 0.467. The summed E-state index contributed by atoms with van der Waals surface area (Å²) in [7, 11) is 0. The lowest BCUT2D eigenvalue weighted by Gasteiger charge is -2.14. The summed E-state index contributed by atoms with van der Waals surface area (Å²) in [6.45, 7) is 4.51. The fourth-order valence-corrected chi connectivity index (χ4v) is 1.87. The van der Waals surface area contributed by atoms with Crippen LogP contribution in [0.25, 0.3) is 0 Å². The Morgan fingerprint density at radius 1 is 1.20 bits per heavy atom. The summed E-state index contributed by atoms with van der Waals surface area (Å²) in [6.07, 6.45) is 1.93. The van der Waals surface area contributed by atoms with Crippen molar-refractivity contribution in [3.8, 4) is 0 Å². The van der Waals surface area contributed by atoms with Gasteiger partial charge in [-0.3, -0.25) is 4.79 Å². The van der Waals surface area contributed by atoms with Crippen molar-refractivity contribution >= 4 is 11.9 Å². The molecule has 0 aliphatic heterocycles. The van der Waals surface area contributed by atoms with Gasteiger partial charge in [0.1, 0.15) is 0 Å².